The molecular formula is C19H21N5O4. The maximum atomic E-state index is 13.1. The molecule has 0 N–H and O–H groups in total. The molecule has 2 aliphatic heterocycles. The number of hydrogen-bond acceptors (Lipinski definition) is 6. The second kappa shape index (κ2) is 6.74. The fourth-order valence-electron chi connectivity index (χ4n) is 4.08. The molecule has 0 amide bonds. The third kappa shape index (κ3) is 2.74. The summed E-state index contributed by atoms with van der Waals surface area (Å²) in [6.45, 7) is 0.706. The van der Waals surface area contributed by atoms with Crippen molar-refractivity contribution in [2.75, 3.05) is 6.54 Å². The normalized spacial score (nSPS) is 18.7. The van der Waals surface area contributed by atoms with Crippen molar-refractivity contribution in [3.05, 3.63) is 66.3 Å². The Kier molecular flexibility index (Phi) is 4.37. The Morgan fingerprint density at radius 2 is 1.93 bits per heavy atom. The molecule has 0 bridgehead atoms. The van der Waals surface area contributed by atoms with Crippen molar-refractivity contribution < 1.29 is 4.92 Å². The number of fused-ring (bicyclic) bond motifs is 2. The first kappa shape index (κ1) is 18.1. The van der Waals surface area contributed by atoms with Gasteiger partial charge in [0.25, 0.3) is 11.2 Å². The van der Waals surface area contributed by atoms with Crippen molar-refractivity contribution in [2.45, 2.75) is 31.7 Å². The molecule has 1 saturated heterocycles. The Morgan fingerprint density at radius 1 is 1.14 bits per heavy atom. The van der Waals surface area contributed by atoms with E-state index in [2.05, 4.69) is 9.89 Å². The average molecular weight is 383 g/mol. The number of aromatic nitrogens is 2. The summed E-state index contributed by atoms with van der Waals surface area (Å²) in [4.78, 5) is 43.1. The van der Waals surface area contributed by atoms with E-state index in [-0.39, 0.29) is 5.69 Å². The van der Waals surface area contributed by atoms with Crippen LogP contribution in [0.5, 0.6) is 0 Å². The van der Waals surface area contributed by atoms with Gasteiger partial charge in [0.1, 0.15) is 11.7 Å². The molecule has 146 valence electrons. The van der Waals surface area contributed by atoms with Gasteiger partial charge in [0, 0.05) is 39.2 Å². The number of benzene rings is 1. The molecule has 0 saturated carbocycles. The van der Waals surface area contributed by atoms with Crippen LogP contribution in [0.25, 0.3) is 0 Å². The summed E-state index contributed by atoms with van der Waals surface area (Å²) in [6, 6.07) is 5.85. The van der Waals surface area contributed by atoms with E-state index in [4.69, 9.17) is 0 Å². The van der Waals surface area contributed by atoms with E-state index in [9.17, 15) is 19.7 Å². The molecule has 2 aliphatic rings. The lowest BCUT2D eigenvalue weighted by atomic mass is 9.95. The van der Waals surface area contributed by atoms with Crippen molar-refractivity contribution in [1.82, 2.24) is 14.0 Å². The van der Waals surface area contributed by atoms with Crippen LogP contribution in [0.1, 0.15) is 42.9 Å². The van der Waals surface area contributed by atoms with Gasteiger partial charge in [-0.2, -0.15) is 0 Å². The Morgan fingerprint density at radius 3 is 2.68 bits per heavy atom. The molecule has 1 fully saturated rings. The number of nitrogens with zero attached hydrogens (tertiary/aromatic N) is 5. The molecule has 2 aromatic rings. The first-order valence-corrected chi connectivity index (χ1v) is 9.28. The predicted octanol–water partition coefficient (Wildman–Crippen LogP) is 2.00. The maximum absolute atomic E-state index is 13.1. The molecule has 9 heteroatoms. The number of rotatable bonds is 2. The van der Waals surface area contributed by atoms with Crippen molar-refractivity contribution in [3.63, 3.8) is 0 Å². The monoisotopic (exact) mass is 383 g/mol. The summed E-state index contributed by atoms with van der Waals surface area (Å²) < 4.78 is 2.46. The van der Waals surface area contributed by atoms with Crippen LogP contribution < -0.4 is 11.2 Å². The van der Waals surface area contributed by atoms with Crippen molar-refractivity contribution >= 4 is 17.3 Å². The van der Waals surface area contributed by atoms with Gasteiger partial charge in [0.05, 0.1) is 16.5 Å². The molecule has 0 aliphatic carbocycles. The largest absolute Gasteiger partial charge is 0.348 e. The standard InChI is InChI=1S/C19H21N5O4/c1-21-17-15(18(25)22(2)19(21)26)16(12-7-6-8-13(11-12)24(27)28)23-10-5-3-4-9-14(23)20-17/h6-8,11,16H,3-5,9-10H2,1-2H3. The number of nitro groups is 1. The van der Waals surface area contributed by atoms with Crippen LogP contribution in [-0.2, 0) is 14.1 Å². The number of non-ortho nitro benzene ring substituents is 1. The lowest BCUT2D eigenvalue weighted by molar-refractivity contribution is -0.384. The number of amidine groups is 1. The van der Waals surface area contributed by atoms with Crippen LogP contribution in [0.2, 0.25) is 0 Å². The van der Waals surface area contributed by atoms with E-state index >= 15 is 0 Å². The molecule has 3 heterocycles. The second-order valence-corrected chi connectivity index (χ2v) is 7.23. The van der Waals surface area contributed by atoms with Crippen LogP contribution in [0.3, 0.4) is 0 Å². The average Bonchev–Trinajstić information content (AvgIpc) is 2.94. The second-order valence-electron chi connectivity index (χ2n) is 7.23. The summed E-state index contributed by atoms with van der Waals surface area (Å²) in [6.07, 6.45) is 3.72. The molecule has 1 aromatic heterocycles. The van der Waals surface area contributed by atoms with Gasteiger partial charge in [-0.3, -0.25) is 24.0 Å². The maximum Gasteiger partial charge on any atom is 0.332 e. The Balaban J connectivity index is 2.03. The fourth-order valence-corrected chi connectivity index (χ4v) is 4.08. The minimum Gasteiger partial charge on any atom is -0.348 e. The highest BCUT2D eigenvalue weighted by Crippen LogP contribution is 2.39. The first-order chi connectivity index (χ1) is 13.4. The zero-order chi connectivity index (χ0) is 20.0. The van der Waals surface area contributed by atoms with Gasteiger partial charge in [0.2, 0.25) is 0 Å². The van der Waals surface area contributed by atoms with E-state index in [0.717, 1.165) is 36.1 Å². The smallest absolute Gasteiger partial charge is 0.332 e. The van der Waals surface area contributed by atoms with E-state index in [1.807, 2.05) is 0 Å². The molecule has 0 radical (unpaired) electrons. The molecule has 1 aromatic carbocycles. The highest BCUT2D eigenvalue weighted by molar-refractivity contribution is 5.88. The number of aliphatic imine (C=N–C) groups is 1. The Hall–Kier alpha value is -3.23. The SMILES string of the molecule is Cn1c2c(c(=O)n(C)c1=O)C(c1cccc([N+](=O)[O-])c1)N1CCCCCC1=N2. The molecule has 4 rings (SSSR count). The molecule has 9 nitrogen and oxygen atoms in total. The topological polar surface area (TPSA) is 103 Å². The lowest BCUT2D eigenvalue weighted by Crippen LogP contribution is -2.46. The van der Waals surface area contributed by atoms with E-state index in [0.29, 0.717) is 23.5 Å². The zero-order valence-corrected chi connectivity index (χ0v) is 15.8. The van der Waals surface area contributed by atoms with Crippen LogP contribution in [0.4, 0.5) is 11.5 Å². The Bertz CT molecular complexity index is 1110. The van der Waals surface area contributed by atoms with Crippen LogP contribution in [0, 0.1) is 10.1 Å². The minimum absolute atomic E-state index is 0.0282. The van der Waals surface area contributed by atoms with Gasteiger partial charge in [-0.15, -0.1) is 0 Å². The predicted molar refractivity (Wildman–Crippen MR) is 104 cm³/mol. The van der Waals surface area contributed by atoms with Crippen LogP contribution in [-0.4, -0.2) is 31.3 Å². The number of nitro benzene ring substituents is 1. The van der Waals surface area contributed by atoms with Crippen molar-refractivity contribution in [1.29, 1.82) is 0 Å². The van der Waals surface area contributed by atoms with E-state index in [1.54, 1.807) is 19.2 Å². The van der Waals surface area contributed by atoms with Gasteiger partial charge in [-0.05, 0) is 18.4 Å². The third-order valence-electron chi connectivity index (χ3n) is 5.52. The third-order valence-corrected chi connectivity index (χ3v) is 5.52. The quantitative estimate of drug-likeness (QED) is 0.583. The molecule has 1 unspecified atom stereocenters. The molecule has 1 atom stereocenters. The minimum atomic E-state index is -0.508. The van der Waals surface area contributed by atoms with Gasteiger partial charge in [0.15, 0.2) is 0 Å². The summed E-state index contributed by atoms with van der Waals surface area (Å²) in [5.74, 6) is 1.17. The van der Waals surface area contributed by atoms with E-state index in [1.165, 1.54) is 23.7 Å². The Labute approximate surface area is 160 Å². The fraction of sp³-hybridized carbons (Fsp3) is 0.421. The van der Waals surface area contributed by atoms with E-state index < -0.39 is 22.2 Å². The highest BCUT2D eigenvalue weighted by atomic mass is 16.6. The summed E-state index contributed by atoms with van der Waals surface area (Å²) in [7, 11) is 3.04. The van der Waals surface area contributed by atoms with Gasteiger partial charge in [-0.1, -0.05) is 18.6 Å². The molecule has 28 heavy (non-hydrogen) atoms. The summed E-state index contributed by atoms with van der Waals surface area (Å²) in [5, 5.41) is 11.3. The summed E-state index contributed by atoms with van der Waals surface area (Å²) in [5.41, 5.74) is 0.158. The zero-order valence-electron chi connectivity index (χ0n) is 15.8. The van der Waals surface area contributed by atoms with Crippen LogP contribution in [0.15, 0.2) is 38.8 Å². The van der Waals surface area contributed by atoms with Crippen molar-refractivity contribution in [2.24, 2.45) is 19.1 Å². The van der Waals surface area contributed by atoms with Gasteiger partial charge < -0.3 is 4.90 Å². The van der Waals surface area contributed by atoms with Crippen molar-refractivity contribution in [3.8, 4) is 0 Å². The van der Waals surface area contributed by atoms with Crippen LogP contribution >= 0.6 is 0 Å². The molecular weight excluding hydrogens is 362 g/mol. The summed E-state index contributed by atoms with van der Waals surface area (Å²) >= 11 is 0. The first-order valence-electron chi connectivity index (χ1n) is 9.28. The lowest BCUT2D eigenvalue weighted by Gasteiger charge is -2.37. The van der Waals surface area contributed by atoms with Gasteiger partial charge in [-0.25, -0.2) is 9.79 Å². The van der Waals surface area contributed by atoms with Gasteiger partial charge >= 0.3 is 5.69 Å². The molecule has 0 spiro atoms. The number of hydrogen-bond donors (Lipinski definition) is 0. The highest BCUT2D eigenvalue weighted by Gasteiger charge is 2.36.